The summed E-state index contributed by atoms with van der Waals surface area (Å²) in [4.78, 5) is 16.0. The molecule has 2 heterocycles. The first kappa shape index (κ1) is 14.3. The van der Waals surface area contributed by atoms with Crippen molar-refractivity contribution in [1.29, 1.82) is 0 Å². The lowest BCUT2D eigenvalue weighted by Crippen LogP contribution is -2.26. The Hall–Kier alpha value is -2.15. The molecule has 0 spiro atoms. The summed E-state index contributed by atoms with van der Waals surface area (Å²) in [6, 6.07) is 3.17. The summed E-state index contributed by atoms with van der Waals surface area (Å²) >= 11 is 5.86. The molecule has 2 aromatic heterocycles. The highest BCUT2D eigenvalue weighted by Gasteiger charge is 2.09. The minimum absolute atomic E-state index is 0.201. The minimum Gasteiger partial charge on any atom is -0.373 e. The molecule has 0 saturated carbocycles. The van der Waals surface area contributed by atoms with Crippen LogP contribution in [0.3, 0.4) is 0 Å². The number of nitrogens with one attached hydrogen (secondary N) is 2. The van der Waals surface area contributed by atoms with Crippen molar-refractivity contribution in [3.8, 4) is 0 Å². The maximum atomic E-state index is 12.0. The summed E-state index contributed by atoms with van der Waals surface area (Å²) in [7, 11) is 3.58. The van der Waals surface area contributed by atoms with Gasteiger partial charge in [-0.25, -0.2) is 4.98 Å². The van der Waals surface area contributed by atoms with Gasteiger partial charge in [0.15, 0.2) is 0 Å². The average Bonchev–Trinajstić information content (AvgIpc) is 2.83. The number of halogens is 1. The van der Waals surface area contributed by atoms with Gasteiger partial charge in [0, 0.05) is 32.6 Å². The Morgan fingerprint density at radius 2 is 2.25 bits per heavy atom. The molecule has 106 valence electrons. The van der Waals surface area contributed by atoms with Gasteiger partial charge in [-0.05, 0) is 12.1 Å². The van der Waals surface area contributed by atoms with E-state index in [0.29, 0.717) is 24.3 Å². The minimum atomic E-state index is -0.201. The Morgan fingerprint density at radius 3 is 2.90 bits per heavy atom. The number of hydrogen-bond acceptors (Lipinski definition) is 5. The third-order valence-electron chi connectivity index (χ3n) is 2.75. The standard InChI is InChI=1S/C12H15ClN6O/c1-14-10-6-8(5-9(13)17-10)12(20)15-4-3-11-18-16-7-19(11)2/h5-7H,3-4H2,1-2H3,(H,14,17)(H,15,20). The van der Waals surface area contributed by atoms with E-state index in [0.717, 1.165) is 5.82 Å². The third kappa shape index (κ3) is 3.45. The molecule has 0 aromatic carbocycles. The van der Waals surface area contributed by atoms with Gasteiger partial charge in [-0.1, -0.05) is 11.6 Å². The molecule has 0 aliphatic carbocycles. The van der Waals surface area contributed by atoms with Crippen LogP contribution >= 0.6 is 11.6 Å². The summed E-state index contributed by atoms with van der Waals surface area (Å²) in [5.41, 5.74) is 0.465. The van der Waals surface area contributed by atoms with E-state index in [1.165, 1.54) is 6.07 Å². The molecule has 0 bridgehead atoms. The van der Waals surface area contributed by atoms with Crippen molar-refractivity contribution in [1.82, 2.24) is 25.1 Å². The van der Waals surface area contributed by atoms with E-state index in [1.807, 2.05) is 11.6 Å². The number of carbonyl (C=O) groups is 1. The van der Waals surface area contributed by atoms with Gasteiger partial charge in [0.05, 0.1) is 0 Å². The van der Waals surface area contributed by atoms with Crippen LogP contribution in [0.1, 0.15) is 16.2 Å². The molecule has 0 aliphatic rings. The second kappa shape index (κ2) is 6.33. The first-order valence-electron chi connectivity index (χ1n) is 6.06. The Labute approximate surface area is 121 Å². The monoisotopic (exact) mass is 294 g/mol. The zero-order valence-electron chi connectivity index (χ0n) is 11.2. The van der Waals surface area contributed by atoms with Crippen LogP contribution in [0, 0.1) is 0 Å². The number of aromatic nitrogens is 4. The van der Waals surface area contributed by atoms with Gasteiger partial charge in [-0.15, -0.1) is 10.2 Å². The van der Waals surface area contributed by atoms with Gasteiger partial charge < -0.3 is 15.2 Å². The quantitative estimate of drug-likeness (QED) is 0.800. The molecule has 2 aromatic rings. The van der Waals surface area contributed by atoms with Crippen molar-refractivity contribution < 1.29 is 4.79 Å². The molecule has 1 amide bonds. The van der Waals surface area contributed by atoms with Gasteiger partial charge >= 0.3 is 0 Å². The molecule has 2 N–H and O–H groups in total. The Kier molecular flexibility index (Phi) is 4.52. The van der Waals surface area contributed by atoms with E-state index in [4.69, 9.17) is 11.6 Å². The predicted octanol–water partition coefficient (Wildman–Crippen LogP) is 0.878. The maximum Gasteiger partial charge on any atom is 0.251 e. The molecule has 0 saturated heterocycles. The van der Waals surface area contributed by atoms with Gasteiger partial charge in [-0.3, -0.25) is 4.79 Å². The number of carbonyl (C=O) groups excluding carboxylic acids is 1. The van der Waals surface area contributed by atoms with E-state index in [9.17, 15) is 4.79 Å². The predicted molar refractivity (Wildman–Crippen MR) is 75.8 cm³/mol. The fourth-order valence-corrected chi connectivity index (χ4v) is 1.89. The summed E-state index contributed by atoms with van der Waals surface area (Å²) in [5.74, 6) is 1.16. The normalized spacial score (nSPS) is 10.3. The van der Waals surface area contributed by atoms with Crippen LogP contribution in [-0.4, -0.2) is 39.2 Å². The van der Waals surface area contributed by atoms with Crippen molar-refractivity contribution in [2.75, 3.05) is 18.9 Å². The van der Waals surface area contributed by atoms with Crippen LogP contribution in [0.15, 0.2) is 18.5 Å². The second-order valence-electron chi connectivity index (χ2n) is 4.18. The largest absolute Gasteiger partial charge is 0.373 e. The number of hydrogen-bond donors (Lipinski definition) is 2. The Balaban J connectivity index is 1.95. The molecular weight excluding hydrogens is 280 g/mol. The van der Waals surface area contributed by atoms with Gasteiger partial charge in [0.25, 0.3) is 5.91 Å². The molecule has 0 unspecified atom stereocenters. The molecular formula is C12H15ClN6O. The van der Waals surface area contributed by atoms with E-state index in [1.54, 1.807) is 19.4 Å². The fourth-order valence-electron chi connectivity index (χ4n) is 1.68. The van der Waals surface area contributed by atoms with Crippen LogP contribution in [0.5, 0.6) is 0 Å². The number of anilines is 1. The number of nitrogens with zero attached hydrogens (tertiary/aromatic N) is 4. The number of amides is 1. The molecule has 0 aliphatic heterocycles. The Morgan fingerprint density at radius 1 is 1.45 bits per heavy atom. The molecule has 2 rings (SSSR count). The van der Waals surface area contributed by atoms with E-state index in [2.05, 4.69) is 25.8 Å². The zero-order chi connectivity index (χ0) is 14.5. The lowest BCUT2D eigenvalue weighted by atomic mass is 10.2. The highest BCUT2D eigenvalue weighted by molar-refractivity contribution is 6.29. The molecule has 8 heteroatoms. The molecule has 0 fully saturated rings. The number of aryl methyl sites for hydroxylation is 1. The van der Waals surface area contributed by atoms with Gasteiger partial charge in [-0.2, -0.15) is 0 Å². The van der Waals surface area contributed by atoms with Crippen molar-refractivity contribution in [2.45, 2.75) is 6.42 Å². The van der Waals surface area contributed by atoms with Crippen LogP contribution < -0.4 is 10.6 Å². The van der Waals surface area contributed by atoms with Crippen LogP contribution in [0.2, 0.25) is 5.15 Å². The third-order valence-corrected chi connectivity index (χ3v) is 2.95. The second-order valence-corrected chi connectivity index (χ2v) is 4.57. The highest BCUT2D eigenvalue weighted by atomic mass is 35.5. The van der Waals surface area contributed by atoms with Crippen molar-refractivity contribution in [3.63, 3.8) is 0 Å². The summed E-state index contributed by atoms with van der Waals surface area (Å²) < 4.78 is 1.81. The molecule has 20 heavy (non-hydrogen) atoms. The van der Waals surface area contributed by atoms with Gasteiger partial charge in [0.2, 0.25) is 0 Å². The lowest BCUT2D eigenvalue weighted by Gasteiger charge is -2.07. The highest BCUT2D eigenvalue weighted by Crippen LogP contribution is 2.13. The molecule has 0 radical (unpaired) electrons. The van der Waals surface area contributed by atoms with Crippen LogP contribution in [-0.2, 0) is 13.5 Å². The summed E-state index contributed by atoms with van der Waals surface area (Å²) in [6.07, 6.45) is 2.24. The lowest BCUT2D eigenvalue weighted by molar-refractivity contribution is 0.0954. The van der Waals surface area contributed by atoms with E-state index < -0.39 is 0 Å². The average molecular weight is 295 g/mol. The van der Waals surface area contributed by atoms with E-state index >= 15 is 0 Å². The topological polar surface area (TPSA) is 84.7 Å². The first-order chi connectivity index (χ1) is 9.60. The summed E-state index contributed by atoms with van der Waals surface area (Å²) in [5, 5.41) is 13.7. The van der Waals surface area contributed by atoms with Crippen LogP contribution in [0.4, 0.5) is 5.82 Å². The maximum absolute atomic E-state index is 12.0. The molecule has 0 atom stereocenters. The van der Waals surface area contributed by atoms with Gasteiger partial charge in [0.1, 0.15) is 23.1 Å². The Bertz CT molecular complexity index is 612. The van der Waals surface area contributed by atoms with Crippen molar-refractivity contribution in [2.24, 2.45) is 7.05 Å². The van der Waals surface area contributed by atoms with Crippen molar-refractivity contribution in [3.05, 3.63) is 35.0 Å². The zero-order valence-corrected chi connectivity index (χ0v) is 12.0. The summed E-state index contributed by atoms with van der Waals surface area (Å²) in [6.45, 7) is 0.472. The smallest absolute Gasteiger partial charge is 0.251 e. The van der Waals surface area contributed by atoms with E-state index in [-0.39, 0.29) is 11.1 Å². The SMILES string of the molecule is CNc1cc(C(=O)NCCc2nncn2C)cc(Cl)n1. The number of rotatable bonds is 5. The van der Waals surface area contributed by atoms with Crippen LogP contribution in [0.25, 0.3) is 0 Å². The van der Waals surface area contributed by atoms with Crippen molar-refractivity contribution >= 4 is 23.3 Å². The fraction of sp³-hybridized carbons (Fsp3) is 0.333. The number of pyridine rings is 1. The first-order valence-corrected chi connectivity index (χ1v) is 6.44. The molecule has 7 nitrogen and oxygen atoms in total.